The average molecular weight is 325 g/mol. The highest BCUT2D eigenvalue weighted by atomic mass is 16.2. The molecular formula is C19H23N3O2. The van der Waals surface area contributed by atoms with Gasteiger partial charge in [-0.1, -0.05) is 30.3 Å². The van der Waals surface area contributed by atoms with E-state index in [-0.39, 0.29) is 11.8 Å². The van der Waals surface area contributed by atoms with Crippen LogP contribution in [0.2, 0.25) is 0 Å². The van der Waals surface area contributed by atoms with Crippen molar-refractivity contribution in [3.63, 3.8) is 0 Å². The smallest absolute Gasteiger partial charge is 0.235 e. The van der Waals surface area contributed by atoms with E-state index in [9.17, 15) is 9.59 Å². The highest BCUT2D eigenvalue weighted by molar-refractivity contribution is 6.04. The van der Waals surface area contributed by atoms with E-state index in [4.69, 9.17) is 0 Å². The first-order valence-electron chi connectivity index (χ1n) is 7.92. The third-order valence-corrected chi connectivity index (χ3v) is 3.99. The van der Waals surface area contributed by atoms with E-state index < -0.39 is 5.41 Å². The Morgan fingerprint density at radius 1 is 0.958 bits per heavy atom. The van der Waals surface area contributed by atoms with Crippen molar-refractivity contribution in [3.05, 3.63) is 65.5 Å². The number of nitrogens with one attached hydrogen (secondary N) is 2. The van der Waals surface area contributed by atoms with Crippen molar-refractivity contribution in [3.8, 4) is 0 Å². The van der Waals surface area contributed by atoms with Gasteiger partial charge in [0.05, 0.1) is 12.2 Å². The number of aromatic nitrogens is 1. The standard InChI is InChI=1S/C19H23N3O2/c1-14-8-4-5-9-15(14)12-21-17(23)19(2,3)18(24)22-13-16-10-6-7-11-20-16/h4-11H,12-13H2,1-3H3,(H,21,23)(H,22,24). The van der Waals surface area contributed by atoms with Crippen LogP contribution in [0.3, 0.4) is 0 Å². The summed E-state index contributed by atoms with van der Waals surface area (Å²) in [4.78, 5) is 28.9. The number of carbonyl (C=O) groups is 2. The van der Waals surface area contributed by atoms with E-state index in [0.29, 0.717) is 13.1 Å². The maximum Gasteiger partial charge on any atom is 0.235 e. The molecule has 0 saturated carbocycles. The van der Waals surface area contributed by atoms with Gasteiger partial charge >= 0.3 is 0 Å². The molecule has 5 heteroatoms. The van der Waals surface area contributed by atoms with Crippen LogP contribution in [0.4, 0.5) is 0 Å². The zero-order valence-electron chi connectivity index (χ0n) is 14.3. The molecule has 2 aromatic rings. The lowest BCUT2D eigenvalue weighted by Gasteiger charge is -2.23. The monoisotopic (exact) mass is 325 g/mol. The summed E-state index contributed by atoms with van der Waals surface area (Å²) in [7, 11) is 0. The summed E-state index contributed by atoms with van der Waals surface area (Å²) in [5.74, 6) is -0.625. The number of rotatable bonds is 6. The minimum atomic E-state index is -1.16. The summed E-state index contributed by atoms with van der Waals surface area (Å²) >= 11 is 0. The van der Waals surface area contributed by atoms with Crippen molar-refractivity contribution in [2.45, 2.75) is 33.9 Å². The average Bonchev–Trinajstić information content (AvgIpc) is 2.59. The Morgan fingerprint density at radius 3 is 2.21 bits per heavy atom. The SMILES string of the molecule is Cc1ccccc1CNC(=O)C(C)(C)C(=O)NCc1ccccn1. The maximum absolute atomic E-state index is 12.4. The Balaban J connectivity index is 1.91. The molecular weight excluding hydrogens is 302 g/mol. The topological polar surface area (TPSA) is 71.1 Å². The molecule has 1 aromatic heterocycles. The van der Waals surface area contributed by atoms with E-state index in [1.54, 1.807) is 20.0 Å². The van der Waals surface area contributed by atoms with E-state index in [2.05, 4.69) is 15.6 Å². The minimum absolute atomic E-state index is 0.300. The number of amides is 2. The van der Waals surface area contributed by atoms with Crippen LogP contribution < -0.4 is 10.6 Å². The summed E-state index contributed by atoms with van der Waals surface area (Å²) in [6, 6.07) is 13.3. The number of hydrogen-bond donors (Lipinski definition) is 2. The lowest BCUT2D eigenvalue weighted by Crippen LogP contribution is -2.47. The zero-order valence-corrected chi connectivity index (χ0v) is 14.3. The molecule has 2 N–H and O–H groups in total. The third-order valence-electron chi connectivity index (χ3n) is 3.99. The Bertz CT molecular complexity index is 712. The summed E-state index contributed by atoms with van der Waals surface area (Å²) in [5, 5.41) is 5.61. The van der Waals surface area contributed by atoms with Crippen molar-refractivity contribution in [2.24, 2.45) is 5.41 Å². The molecule has 126 valence electrons. The highest BCUT2D eigenvalue weighted by Gasteiger charge is 2.35. The summed E-state index contributed by atoms with van der Waals surface area (Å²) in [6.07, 6.45) is 1.67. The second-order valence-electron chi connectivity index (χ2n) is 6.24. The van der Waals surface area contributed by atoms with Gasteiger partial charge in [-0.2, -0.15) is 0 Å². The predicted molar refractivity (Wildman–Crippen MR) is 92.9 cm³/mol. The van der Waals surface area contributed by atoms with Gasteiger partial charge < -0.3 is 10.6 Å². The Hall–Kier alpha value is -2.69. The molecule has 5 nitrogen and oxygen atoms in total. The van der Waals surface area contributed by atoms with Gasteiger partial charge in [0.15, 0.2) is 0 Å². The third kappa shape index (κ3) is 4.41. The molecule has 0 unspecified atom stereocenters. The molecule has 0 aliphatic heterocycles. The van der Waals surface area contributed by atoms with E-state index in [0.717, 1.165) is 16.8 Å². The van der Waals surface area contributed by atoms with Crippen LogP contribution >= 0.6 is 0 Å². The van der Waals surface area contributed by atoms with Crippen LogP contribution in [0.1, 0.15) is 30.7 Å². The van der Waals surface area contributed by atoms with Gasteiger partial charge in [0, 0.05) is 12.7 Å². The molecule has 1 heterocycles. The van der Waals surface area contributed by atoms with Gasteiger partial charge in [0.2, 0.25) is 11.8 Å². The second-order valence-corrected chi connectivity index (χ2v) is 6.24. The highest BCUT2D eigenvalue weighted by Crippen LogP contribution is 2.16. The molecule has 2 rings (SSSR count). The van der Waals surface area contributed by atoms with Gasteiger partial charge in [0.25, 0.3) is 0 Å². The normalized spacial score (nSPS) is 11.0. The maximum atomic E-state index is 12.4. The van der Waals surface area contributed by atoms with Crippen molar-refractivity contribution in [1.82, 2.24) is 15.6 Å². The summed E-state index contributed by atoms with van der Waals surface area (Å²) < 4.78 is 0. The number of nitrogens with zero attached hydrogens (tertiary/aromatic N) is 1. The molecule has 0 fully saturated rings. The molecule has 0 spiro atoms. The van der Waals surface area contributed by atoms with Crippen molar-refractivity contribution >= 4 is 11.8 Å². The second kappa shape index (κ2) is 7.73. The first-order chi connectivity index (χ1) is 11.4. The number of carbonyl (C=O) groups excluding carboxylic acids is 2. The van der Waals surface area contributed by atoms with Gasteiger partial charge in [-0.05, 0) is 44.0 Å². The van der Waals surface area contributed by atoms with Crippen molar-refractivity contribution < 1.29 is 9.59 Å². The number of hydrogen-bond acceptors (Lipinski definition) is 3. The van der Waals surface area contributed by atoms with E-state index >= 15 is 0 Å². The molecule has 0 aliphatic carbocycles. The van der Waals surface area contributed by atoms with Gasteiger partial charge in [-0.25, -0.2) is 0 Å². The largest absolute Gasteiger partial charge is 0.351 e. The lowest BCUT2D eigenvalue weighted by molar-refractivity contribution is -0.141. The van der Waals surface area contributed by atoms with Gasteiger partial charge in [-0.3, -0.25) is 14.6 Å². The molecule has 2 amide bonds. The number of benzene rings is 1. The van der Waals surface area contributed by atoms with Crippen LogP contribution in [0.25, 0.3) is 0 Å². The fourth-order valence-electron chi connectivity index (χ4n) is 2.20. The fourth-order valence-corrected chi connectivity index (χ4v) is 2.20. The van der Waals surface area contributed by atoms with Gasteiger partial charge in [0.1, 0.15) is 5.41 Å². The Kier molecular flexibility index (Phi) is 5.68. The van der Waals surface area contributed by atoms with Crippen LogP contribution in [-0.4, -0.2) is 16.8 Å². The van der Waals surface area contributed by atoms with Crippen LogP contribution in [0, 0.1) is 12.3 Å². The van der Waals surface area contributed by atoms with Crippen LogP contribution in [0.15, 0.2) is 48.7 Å². The van der Waals surface area contributed by atoms with Crippen LogP contribution in [-0.2, 0) is 22.7 Å². The van der Waals surface area contributed by atoms with Crippen molar-refractivity contribution in [1.29, 1.82) is 0 Å². The summed E-state index contributed by atoms with van der Waals surface area (Å²) in [6.45, 7) is 5.94. The first kappa shape index (κ1) is 17.7. The van der Waals surface area contributed by atoms with E-state index in [1.165, 1.54) is 0 Å². The molecule has 0 radical (unpaired) electrons. The van der Waals surface area contributed by atoms with E-state index in [1.807, 2.05) is 49.4 Å². The summed E-state index contributed by atoms with van der Waals surface area (Å²) in [5.41, 5.74) is 1.74. The quantitative estimate of drug-likeness (QED) is 0.801. The lowest BCUT2D eigenvalue weighted by atomic mass is 9.91. The minimum Gasteiger partial charge on any atom is -0.351 e. The number of aryl methyl sites for hydroxylation is 1. The Morgan fingerprint density at radius 2 is 1.58 bits per heavy atom. The molecule has 0 atom stereocenters. The van der Waals surface area contributed by atoms with Crippen molar-refractivity contribution in [2.75, 3.05) is 0 Å². The number of pyridine rings is 1. The molecule has 0 saturated heterocycles. The molecule has 0 bridgehead atoms. The Labute approximate surface area is 142 Å². The first-order valence-corrected chi connectivity index (χ1v) is 7.92. The predicted octanol–water partition coefficient (Wildman–Crippen LogP) is 2.35. The molecule has 24 heavy (non-hydrogen) atoms. The molecule has 0 aliphatic rings. The van der Waals surface area contributed by atoms with Crippen LogP contribution in [0.5, 0.6) is 0 Å². The zero-order chi connectivity index (χ0) is 17.6. The molecule has 1 aromatic carbocycles. The van der Waals surface area contributed by atoms with Gasteiger partial charge in [-0.15, -0.1) is 0 Å². The fraction of sp³-hybridized carbons (Fsp3) is 0.316.